The van der Waals surface area contributed by atoms with Crippen LogP contribution in [0.4, 0.5) is 0 Å². The molecule has 0 bridgehead atoms. The third kappa shape index (κ3) is 11.6. The summed E-state index contributed by atoms with van der Waals surface area (Å²) < 4.78 is 26.7. The molecule has 2 aliphatic rings. The van der Waals surface area contributed by atoms with Gasteiger partial charge in [-0.05, 0) is 51.2 Å². The number of Topliss-reactive ketones (excluding diaryl/α,β-unsaturated/α-hetero) is 1. The second-order valence-electron chi connectivity index (χ2n) is 11.1. The first-order chi connectivity index (χ1) is 21.7. The van der Waals surface area contributed by atoms with Gasteiger partial charge < -0.3 is 64.5 Å². The van der Waals surface area contributed by atoms with Crippen molar-refractivity contribution in [2.75, 3.05) is 26.4 Å². The normalized spacial score (nSPS) is 32.7. The predicted octanol–water partition coefficient (Wildman–Crippen LogP) is -1.78. The molecule has 2 fully saturated rings. The Labute approximate surface area is 266 Å². The number of ketones is 1. The van der Waals surface area contributed by atoms with E-state index in [1.54, 1.807) is 39.0 Å². The van der Waals surface area contributed by atoms with Gasteiger partial charge in [-0.2, -0.15) is 0 Å². The van der Waals surface area contributed by atoms with E-state index in [4.69, 9.17) is 28.8 Å². The second-order valence-corrected chi connectivity index (χ2v) is 11.1. The minimum Gasteiger partial charge on any atom is -0.481 e. The van der Waals surface area contributed by atoms with Crippen LogP contribution in [-0.2, 0) is 38.1 Å². The van der Waals surface area contributed by atoms with Gasteiger partial charge in [0.25, 0.3) is 0 Å². The number of carboxylic acid groups (broad SMARTS) is 1. The summed E-state index contributed by atoms with van der Waals surface area (Å²) in [5.41, 5.74) is 1.82. The number of ether oxygens (including phenoxy) is 5. The van der Waals surface area contributed by atoms with Crippen molar-refractivity contribution in [1.29, 1.82) is 0 Å². The number of unbranched alkanes of at least 4 members (excludes halogenated alkanes) is 1. The Balaban J connectivity index is 1.85. The molecule has 2 aliphatic heterocycles. The fourth-order valence-electron chi connectivity index (χ4n) is 4.63. The van der Waals surface area contributed by atoms with Crippen LogP contribution in [0.5, 0.6) is 0 Å². The Morgan fingerprint density at radius 1 is 0.761 bits per heavy atom. The van der Waals surface area contributed by atoms with Gasteiger partial charge in [0.15, 0.2) is 18.4 Å². The van der Waals surface area contributed by atoms with Gasteiger partial charge in [-0.25, -0.2) is 0 Å². The molecule has 0 radical (unpaired) electrons. The van der Waals surface area contributed by atoms with Crippen LogP contribution in [0.25, 0.3) is 0 Å². The van der Waals surface area contributed by atoms with Crippen molar-refractivity contribution in [2.45, 2.75) is 108 Å². The van der Waals surface area contributed by atoms with Gasteiger partial charge >= 0.3 is 11.9 Å². The molecule has 0 aliphatic carbocycles. The van der Waals surface area contributed by atoms with Crippen molar-refractivity contribution in [3.63, 3.8) is 0 Å². The summed E-state index contributed by atoms with van der Waals surface area (Å²) in [7, 11) is 0. The molecule has 46 heavy (non-hydrogen) atoms. The maximum absolute atomic E-state index is 12.6. The van der Waals surface area contributed by atoms with Gasteiger partial charge in [-0.1, -0.05) is 23.8 Å². The van der Waals surface area contributed by atoms with Crippen molar-refractivity contribution < 1.29 is 78.9 Å². The lowest BCUT2D eigenvalue weighted by atomic mass is 9.97. The monoisotopic (exact) mass is 662 g/mol. The van der Waals surface area contributed by atoms with Gasteiger partial charge in [0.1, 0.15) is 55.3 Å². The Morgan fingerprint density at radius 3 is 2.00 bits per heavy atom. The predicted molar refractivity (Wildman–Crippen MR) is 156 cm³/mol. The van der Waals surface area contributed by atoms with Crippen LogP contribution < -0.4 is 0 Å². The highest BCUT2D eigenvalue weighted by molar-refractivity contribution is 6.07. The van der Waals surface area contributed by atoms with Crippen molar-refractivity contribution >= 4 is 17.7 Å². The molecule has 0 unspecified atom stereocenters. The first kappa shape index (κ1) is 39.6. The van der Waals surface area contributed by atoms with E-state index >= 15 is 0 Å². The van der Waals surface area contributed by atoms with Crippen molar-refractivity contribution in [3.05, 3.63) is 34.9 Å². The summed E-state index contributed by atoms with van der Waals surface area (Å²) in [4.78, 5) is 34.3. The zero-order valence-corrected chi connectivity index (χ0v) is 26.0. The number of carboxylic acids is 1. The van der Waals surface area contributed by atoms with Gasteiger partial charge in [0.05, 0.1) is 26.4 Å². The molecule has 0 aromatic rings. The number of rotatable bonds is 17. The number of aliphatic carboxylic acids is 1. The fraction of sp³-hybridized carbons (Fsp3) is 0.700. The maximum Gasteiger partial charge on any atom is 0.317 e. The van der Waals surface area contributed by atoms with Crippen molar-refractivity contribution in [1.82, 2.24) is 0 Å². The molecular weight excluding hydrogens is 616 g/mol. The molecule has 0 aromatic carbocycles. The number of esters is 1. The second kappa shape index (κ2) is 19.3. The van der Waals surface area contributed by atoms with Crippen LogP contribution >= 0.6 is 0 Å². The molecule has 262 valence electrons. The molecule has 0 saturated carbocycles. The highest BCUT2D eigenvalue weighted by Gasteiger charge is 2.50. The lowest BCUT2D eigenvalue weighted by molar-refractivity contribution is -0.358. The Bertz CT molecular complexity index is 1100. The number of hydrogen-bond donors (Lipinski definition) is 8. The lowest BCUT2D eigenvalue weighted by Gasteiger charge is -2.45. The van der Waals surface area contributed by atoms with Gasteiger partial charge in [-0.3, -0.25) is 14.4 Å². The summed E-state index contributed by atoms with van der Waals surface area (Å²) in [5.74, 6) is -2.26. The zero-order valence-electron chi connectivity index (χ0n) is 26.0. The third-order valence-electron chi connectivity index (χ3n) is 7.46. The van der Waals surface area contributed by atoms with E-state index in [0.29, 0.717) is 30.4 Å². The number of hydrogen-bond acceptors (Lipinski definition) is 15. The van der Waals surface area contributed by atoms with E-state index in [2.05, 4.69) is 0 Å². The fourth-order valence-corrected chi connectivity index (χ4v) is 4.63. The molecule has 0 spiro atoms. The van der Waals surface area contributed by atoms with Crippen LogP contribution in [0.15, 0.2) is 34.9 Å². The highest BCUT2D eigenvalue weighted by atomic mass is 16.7. The number of carbonyl (C=O) groups excluding carboxylic acids is 2. The molecule has 2 saturated heterocycles. The average molecular weight is 663 g/mol. The number of aliphatic hydroxyl groups is 7. The van der Waals surface area contributed by atoms with Crippen molar-refractivity contribution in [2.24, 2.45) is 0 Å². The topological polar surface area (TPSA) is 259 Å². The highest BCUT2D eigenvalue weighted by Crippen LogP contribution is 2.29. The summed E-state index contributed by atoms with van der Waals surface area (Å²) in [6.07, 6.45) is -9.72. The summed E-state index contributed by atoms with van der Waals surface area (Å²) in [5, 5.41) is 79.2. The molecule has 8 N–H and O–H groups in total. The van der Waals surface area contributed by atoms with Crippen molar-refractivity contribution in [3.8, 4) is 0 Å². The lowest BCUT2D eigenvalue weighted by Crippen LogP contribution is -2.64. The smallest absolute Gasteiger partial charge is 0.317 e. The summed E-state index contributed by atoms with van der Waals surface area (Å²) >= 11 is 0. The first-order valence-corrected chi connectivity index (χ1v) is 14.8. The molecule has 0 amide bonds. The molecule has 16 heteroatoms. The maximum atomic E-state index is 12.6. The van der Waals surface area contributed by atoms with Crippen LogP contribution in [0.1, 0.15) is 46.5 Å². The van der Waals surface area contributed by atoms with Gasteiger partial charge in [0, 0.05) is 0 Å². The quantitative estimate of drug-likeness (QED) is 0.0282. The minimum atomic E-state index is -1.77. The number of carbonyl (C=O) groups is 3. The largest absolute Gasteiger partial charge is 0.481 e. The third-order valence-corrected chi connectivity index (χ3v) is 7.46. The number of allylic oxidation sites excluding steroid dienone is 5. The minimum absolute atomic E-state index is 0.0456. The molecule has 2 heterocycles. The van der Waals surface area contributed by atoms with Crippen LogP contribution in [0.3, 0.4) is 0 Å². The van der Waals surface area contributed by atoms with Crippen LogP contribution in [0.2, 0.25) is 0 Å². The Kier molecular flexibility index (Phi) is 16.6. The van der Waals surface area contributed by atoms with E-state index in [0.717, 1.165) is 5.57 Å². The zero-order chi connectivity index (χ0) is 34.6. The molecule has 10 atom stereocenters. The van der Waals surface area contributed by atoms with Crippen LogP contribution in [0, 0.1) is 0 Å². The Morgan fingerprint density at radius 2 is 1.37 bits per heavy atom. The van der Waals surface area contributed by atoms with E-state index < -0.39 is 93.0 Å². The summed E-state index contributed by atoms with van der Waals surface area (Å²) in [6, 6.07) is 0. The van der Waals surface area contributed by atoms with E-state index in [1.807, 2.05) is 0 Å². The first-order valence-electron chi connectivity index (χ1n) is 14.8. The van der Waals surface area contributed by atoms with Gasteiger partial charge in [-0.15, -0.1) is 0 Å². The van der Waals surface area contributed by atoms with Gasteiger partial charge in [0.2, 0.25) is 0 Å². The van der Waals surface area contributed by atoms with Crippen LogP contribution in [-0.4, -0.2) is 146 Å². The van der Waals surface area contributed by atoms with E-state index in [1.165, 1.54) is 0 Å². The Hall–Kier alpha value is -2.61. The SMILES string of the molecule is CC(=CCO[C@@H]1O[C@H](CO)[C@@H](O[C@@H]2O[C@H](CO)[C@@H](O)[C@H](O)[C@H]2O)[C@H](O)[C@H]1O)CC=C(C)C(=O)C(C)=CCCCOC(=O)CC(=O)O. The molecule has 2 rings (SSSR count). The number of aliphatic hydroxyl groups excluding tert-OH is 7. The average Bonchev–Trinajstić information content (AvgIpc) is 3.01. The summed E-state index contributed by atoms with van der Waals surface area (Å²) in [6.45, 7) is 3.72. The van der Waals surface area contributed by atoms with E-state index in [-0.39, 0.29) is 19.0 Å². The molecular formula is C30H46O16. The molecule has 0 aromatic heterocycles. The molecule has 16 nitrogen and oxygen atoms in total. The standard InChI is InChI=1S/C30H46O16/c1-15(7-8-17(3)22(36)16(2)6-4-5-10-42-21(35)12-20(33)34)9-11-43-29-27(41)25(39)28(19(14-32)45-29)46-30-26(40)24(38)23(37)18(13-31)44-30/h6,8-9,18-19,23-32,37-41H,4-5,7,10-14H2,1-3H3,(H,33,34)/t18-,19-,23-,24+,25-,26-,27-,28-,29-,30+/m1/s1. The van der Waals surface area contributed by atoms with E-state index in [9.17, 15) is 50.1 Å².